The van der Waals surface area contributed by atoms with Crippen LogP contribution in [0, 0.1) is 5.92 Å². The van der Waals surface area contributed by atoms with Gasteiger partial charge in [-0.1, -0.05) is 26.2 Å². The molecule has 0 rings (SSSR count). The quantitative estimate of drug-likeness (QED) is 0.346. The molecule has 0 aromatic carbocycles. The highest BCUT2D eigenvalue weighted by atomic mass is 16.5. The molecular weight excluding hydrogens is 222 g/mol. The molecule has 0 aromatic rings. The van der Waals surface area contributed by atoms with E-state index in [2.05, 4.69) is 0 Å². The first kappa shape index (κ1) is 15.9. The van der Waals surface area contributed by atoms with Crippen molar-refractivity contribution in [1.82, 2.24) is 0 Å². The lowest BCUT2D eigenvalue weighted by Crippen LogP contribution is -2.26. The lowest BCUT2D eigenvalue weighted by atomic mass is 10.0. The average Bonchev–Trinajstić information content (AvgIpc) is 2.30. The van der Waals surface area contributed by atoms with Crippen molar-refractivity contribution in [3.8, 4) is 0 Å². The predicted octanol–water partition coefficient (Wildman–Crippen LogP) is 1.55. The van der Waals surface area contributed by atoms with Gasteiger partial charge in [-0.05, 0) is 25.8 Å². The zero-order chi connectivity index (χ0) is 13.1. The molecule has 0 fully saturated rings. The number of unbranched alkanes of at least 4 members (excludes halogenated alkanes) is 3. The summed E-state index contributed by atoms with van der Waals surface area (Å²) in [6, 6.07) is 0. The Morgan fingerprint density at radius 2 is 1.88 bits per heavy atom. The number of aliphatic carboxylic acids is 1. The second kappa shape index (κ2) is 10.1. The second-order valence-corrected chi connectivity index (χ2v) is 4.05. The normalized spacial score (nSPS) is 12.1. The third-order valence-electron chi connectivity index (χ3n) is 2.48. The molecule has 0 radical (unpaired) electrons. The lowest BCUT2D eigenvalue weighted by molar-refractivity contribution is -0.159. The Labute approximate surface area is 102 Å². The topological polar surface area (TPSA) is 89.6 Å². The number of carboxylic acids is 1. The van der Waals surface area contributed by atoms with E-state index in [0.29, 0.717) is 19.4 Å². The molecule has 3 N–H and O–H groups in total. The molecular formula is C12H23NO4. The number of carbonyl (C=O) groups is 2. The fourth-order valence-electron chi connectivity index (χ4n) is 1.49. The Morgan fingerprint density at radius 1 is 1.24 bits per heavy atom. The zero-order valence-corrected chi connectivity index (χ0v) is 10.5. The fraction of sp³-hybridized carbons (Fsp3) is 0.833. The summed E-state index contributed by atoms with van der Waals surface area (Å²) in [5.41, 5.74) is 5.35. The molecule has 0 aliphatic rings. The van der Waals surface area contributed by atoms with Crippen LogP contribution in [0.2, 0.25) is 0 Å². The van der Waals surface area contributed by atoms with E-state index in [1.165, 1.54) is 0 Å². The summed E-state index contributed by atoms with van der Waals surface area (Å²) in [7, 11) is 0. The van der Waals surface area contributed by atoms with Crippen molar-refractivity contribution in [1.29, 1.82) is 0 Å². The standard InChI is InChI=1S/C12H23NO4/c1-2-9-17-12(16)10(11(14)15)7-5-3-4-6-8-13/h10H,2-9,13H2,1H3,(H,14,15). The van der Waals surface area contributed by atoms with Crippen molar-refractivity contribution in [2.24, 2.45) is 11.7 Å². The number of ether oxygens (including phenoxy) is 1. The van der Waals surface area contributed by atoms with Gasteiger partial charge in [0, 0.05) is 0 Å². The molecule has 0 heterocycles. The van der Waals surface area contributed by atoms with E-state index >= 15 is 0 Å². The minimum Gasteiger partial charge on any atom is -0.481 e. The number of rotatable bonds is 10. The summed E-state index contributed by atoms with van der Waals surface area (Å²) >= 11 is 0. The van der Waals surface area contributed by atoms with E-state index < -0.39 is 17.9 Å². The maximum atomic E-state index is 11.4. The van der Waals surface area contributed by atoms with Gasteiger partial charge in [0.05, 0.1) is 6.61 Å². The highest BCUT2D eigenvalue weighted by Gasteiger charge is 2.26. The van der Waals surface area contributed by atoms with Crippen molar-refractivity contribution in [3.63, 3.8) is 0 Å². The Kier molecular flexibility index (Phi) is 9.43. The van der Waals surface area contributed by atoms with Crippen LogP contribution in [0.1, 0.15) is 45.4 Å². The molecule has 0 bridgehead atoms. The molecule has 1 unspecified atom stereocenters. The van der Waals surface area contributed by atoms with Crippen molar-refractivity contribution < 1.29 is 19.4 Å². The maximum absolute atomic E-state index is 11.4. The van der Waals surface area contributed by atoms with Crippen molar-refractivity contribution in [2.75, 3.05) is 13.2 Å². The molecule has 1 atom stereocenters. The average molecular weight is 245 g/mol. The van der Waals surface area contributed by atoms with Gasteiger partial charge in [0.25, 0.3) is 0 Å². The smallest absolute Gasteiger partial charge is 0.320 e. The van der Waals surface area contributed by atoms with Gasteiger partial charge in [0.2, 0.25) is 0 Å². The number of carboxylic acid groups (broad SMARTS) is 1. The summed E-state index contributed by atoms with van der Waals surface area (Å²) in [6.45, 7) is 2.81. The Morgan fingerprint density at radius 3 is 2.41 bits per heavy atom. The molecule has 0 aliphatic heterocycles. The number of carbonyl (C=O) groups excluding carboxylic acids is 1. The summed E-state index contributed by atoms with van der Waals surface area (Å²) < 4.78 is 4.85. The molecule has 0 amide bonds. The van der Waals surface area contributed by atoms with E-state index in [9.17, 15) is 9.59 Å². The van der Waals surface area contributed by atoms with Crippen LogP contribution in [0.15, 0.2) is 0 Å². The molecule has 0 saturated heterocycles. The largest absolute Gasteiger partial charge is 0.481 e. The monoisotopic (exact) mass is 245 g/mol. The van der Waals surface area contributed by atoms with Crippen LogP contribution in [-0.4, -0.2) is 30.2 Å². The molecule has 100 valence electrons. The summed E-state index contributed by atoms with van der Waals surface area (Å²) in [4.78, 5) is 22.3. The molecule has 0 spiro atoms. The maximum Gasteiger partial charge on any atom is 0.320 e. The van der Waals surface area contributed by atoms with Gasteiger partial charge in [-0.3, -0.25) is 9.59 Å². The van der Waals surface area contributed by atoms with Crippen LogP contribution < -0.4 is 5.73 Å². The van der Waals surface area contributed by atoms with Gasteiger partial charge in [0.15, 0.2) is 5.92 Å². The Balaban J connectivity index is 3.90. The first-order valence-corrected chi connectivity index (χ1v) is 6.23. The third-order valence-corrected chi connectivity index (χ3v) is 2.48. The Hall–Kier alpha value is -1.10. The molecule has 0 aromatic heterocycles. The highest BCUT2D eigenvalue weighted by Crippen LogP contribution is 2.13. The lowest BCUT2D eigenvalue weighted by Gasteiger charge is -2.11. The molecule has 0 saturated carbocycles. The highest BCUT2D eigenvalue weighted by molar-refractivity contribution is 5.93. The molecule has 5 heteroatoms. The predicted molar refractivity (Wildman–Crippen MR) is 64.5 cm³/mol. The molecule has 0 aliphatic carbocycles. The van der Waals surface area contributed by atoms with Crippen LogP contribution in [0.3, 0.4) is 0 Å². The van der Waals surface area contributed by atoms with Gasteiger partial charge >= 0.3 is 11.9 Å². The van der Waals surface area contributed by atoms with Gasteiger partial charge < -0.3 is 15.6 Å². The van der Waals surface area contributed by atoms with E-state index in [4.69, 9.17) is 15.6 Å². The first-order chi connectivity index (χ1) is 8.13. The Bertz CT molecular complexity index is 231. The fourth-order valence-corrected chi connectivity index (χ4v) is 1.49. The minimum absolute atomic E-state index is 0.287. The number of esters is 1. The van der Waals surface area contributed by atoms with Crippen molar-refractivity contribution in [3.05, 3.63) is 0 Å². The van der Waals surface area contributed by atoms with Crippen molar-refractivity contribution >= 4 is 11.9 Å². The molecule has 5 nitrogen and oxygen atoms in total. The van der Waals surface area contributed by atoms with E-state index in [1.807, 2.05) is 6.92 Å². The minimum atomic E-state index is -1.09. The SMILES string of the molecule is CCCOC(=O)C(CCCCCCN)C(=O)O. The second-order valence-electron chi connectivity index (χ2n) is 4.05. The van der Waals surface area contributed by atoms with E-state index in [0.717, 1.165) is 25.7 Å². The van der Waals surface area contributed by atoms with Gasteiger partial charge in [-0.25, -0.2) is 0 Å². The van der Waals surface area contributed by atoms with E-state index in [1.54, 1.807) is 0 Å². The zero-order valence-electron chi connectivity index (χ0n) is 10.5. The number of hydrogen-bond donors (Lipinski definition) is 2. The number of nitrogens with two attached hydrogens (primary N) is 1. The van der Waals surface area contributed by atoms with Crippen LogP contribution in [0.5, 0.6) is 0 Å². The van der Waals surface area contributed by atoms with E-state index in [-0.39, 0.29) is 6.61 Å². The van der Waals surface area contributed by atoms with Gasteiger partial charge in [-0.2, -0.15) is 0 Å². The van der Waals surface area contributed by atoms with Crippen molar-refractivity contribution in [2.45, 2.75) is 45.4 Å². The third kappa shape index (κ3) is 7.74. The van der Waals surface area contributed by atoms with Gasteiger partial charge in [0.1, 0.15) is 0 Å². The van der Waals surface area contributed by atoms with Crippen LogP contribution in [0.25, 0.3) is 0 Å². The summed E-state index contributed by atoms with van der Waals surface area (Å²) in [5.74, 6) is -2.72. The summed E-state index contributed by atoms with van der Waals surface area (Å²) in [5, 5.41) is 8.92. The summed E-state index contributed by atoms with van der Waals surface area (Å²) in [6.07, 6.45) is 4.60. The van der Waals surface area contributed by atoms with Crippen LogP contribution in [-0.2, 0) is 14.3 Å². The van der Waals surface area contributed by atoms with Crippen LogP contribution in [0.4, 0.5) is 0 Å². The first-order valence-electron chi connectivity index (χ1n) is 6.23. The van der Waals surface area contributed by atoms with Crippen LogP contribution >= 0.6 is 0 Å². The van der Waals surface area contributed by atoms with Gasteiger partial charge in [-0.15, -0.1) is 0 Å². The number of hydrogen-bond acceptors (Lipinski definition) is 4. The molecule has 17 heavy (non-hydrogen) atoms.